The van der Waals surface area contributed by atoms with Crippen molar-refractivity contribution >= 4 is 34.3 Å². The third-order valence-electron chi connectivity index (χ3n) is 2.97. The van der Waals surface area contributed by atoms with Gasteiger partial charge in [0.1, 0.15) is 0 Å². The Kier molecular flexibility index (Phi) is 4.49. The van der Waals surface area contributed by atoms with E-state index in [1.807, 2.05) is 44.1 Å². The number of aryl methyl sites for hydroxylation is 1. The minimum atomic E-state index is -0.221. The largest absolute Gasteiger partial charge is 0.468 e. The van der Waals surface area contributed by atoms with Crippen LogP contribution in [0.15, 0.2) is 29.2 Å². The van der Waals surface area contributed by atoms with Crippen molar-refractivity contribution in [3.8, 4) is 0 Å². The van der Waals surface area contributed by atoms with E-state index in [0.717, 1.165) is 27.2 Å². The van der Waals surface area contributed by atoms with Gasteiger partial charge in [-0.2, -0.15) is 0 Å². The summed E-state index contributed by atoms with van der Waals surface area (Å²) in [6.45, 7) is 1.96. The first-order valence-corrected chi connectivity index (χ1v) is 7.28. The summed E-state index contributed by atoms with van der Waals surface area (Å²) in [5.41, 5.74) is 3.01. The molecule has 20 heavy (non-hydrogen) atoms. The fraction of sp³-hybridized carbons (Fsp3) is 0.333. The average Bonchev–Trinajstić information content (AvgIpc) is 2.43. The molecule has 0 amide bonds. The number of thioether (sulfide) groups is 1. The first-order valence-electron chi connectivity index (χ1n) is 6.29. The van der Waals surface area contributed by atoms with Crippen LogP contribution >= 0.6 is 11.8 Å². The summed E-state index contributed by atoms with van der Waals surface area (Å²) >= 11 is 1.48. The predicted octanol–water partition coefficient (Wildman–Crippen LogP) is 2.87. The second-order valence-corrected chi connectivity index (χ2v) is 5.74. The van der Waals surface area contributed by atoms with Crippen molar-refractivity contribution in [1.82, 2.24) is 4.98 Å². The van der Waals surface area contributed by atoms with Crippen LogP contribution in [0, 0.1) is 6.92 Å². The highest BCUT2D eigenvalue weighted by atomic mass is 32.2. The molecule has 2 rings (SSSR count). The van der Waals surface area contributed by atoms with Gasteiger partial charge < -0.3 is 9.64 Å². The molecule has 0 aliphatic carbocycles. The van der Waals surface area contributed by atoms with Gasteiger partial charge in [0.2, 0.25) is 0 Å². The number of hydrogen-bond acceptors (Lipinski definition) is 5. The standard InChI is InChI=1S/C15H18N2O2S/c1-10-7-14(20-9-15(18)19-4)12-8-11(17(2)3)5-6-13(12)16-10/h5-8H,9H2,1-4H3. The monoisotopic (exact) mass is 290 g/mol. The van der Waals surface area contributed by atoms with E-state index < -0.39 is 0 Å². The molecule has 0 atom stereocenters. The van der Waals surface area contributed by atoms with Gasteiger partial charge in [0.05, 0.1) is 18.4 Å². The van der Waals surface area contributed by atoms with Gasteiger partial charge in [-0.3, -0.25) is 9.78 Å². The summed E-state index contributed by atoms with van der Waals surface area (Å²) in [6, 6.07) is 8.17. The van der Waals surface area contributed by atoms with E-state index in [1.54, 1.807) is 0 Å². The molecule has 1 aromatic heterocycles. The molecule has 2 aromatic rings. The lowest BCUT2D eigenvalue weighted by atomic mass is 10.1. The zero-order chi connectivity index (χ0) is 14.7. The van der Waals surface area contributed by atoms with Gasteiger partial charge >= 0.3 is 5.97 Å². The van der Waals surface area contributed by atoms with Crippen LogP contribution in [-0.2, 0) is 9.53 Å². The number of fused-ring (bicyclic) bond motifs is 1. The normalized spacial score (nSPS) is 10.6. The predicted molar refractivity (Wildman–Crippen MR) is 83.5 cm³/mol. The molecular weight excluding hydrogens is 272 g/mol. The minimum absolute atomic E-state index is 0.221. The Balaban J connectivity index is 2.44. The van der Waals surface area contributed by atoms with Gasteiger partial charge in [0.15, 0.2) is 0 Å². The molecule has 0 saturated heterocycles. The SMILES string of the molecule is COC(=O)CSc1cc(C)nc2ccc(N(C)C)cc12. The molecule has 106 valence electrons. The number of carbonyl (C=O) groups is 1. The number of methoxy groups -OCH3 is 1. The van der Waals surface area contributed by atoms with Crippen molar-refractivity contribution in [2.24, 2.45) is 0 Å². The quantitative estimate of drug-likeness (QED) is 0.640. The number of benzene rings is 1. The van der Waals surface area contributed by atoms with Crippen LogP contribution in [0.4, 0.5) is 5.69 Å². The average molecular weight is 290 g/mol. The van der Waals surface area contributed by atoms with Crippen LogP contribution in [-0.4, -0.2) is 37.9 Å². The smallest absolute Gasteiger partial charge is 0.315 e. The summed E-state index contributed by atoms with van der Waals surface area (Å²) < 4.78 is 4.69. The minimum Gasteiger partial charge on any atom is -0.468 e. The fourth-order valence-corrected chi connectivity index (χ4v) is 2.87. The molecule has 0 aliphatic heterocycles. The molecule has 4 nitrogen and oxygen atoms in total. The topological polar surface area (TPSA) is 42.4 Å². The fourth-order valence-electron chi connectivity index (χ4n) is 1.90. The number of rotatable bonds is 4. The van der Waals surface area contributed by atoms with Gasteiger partial charge in [0, 0.05) is 35.8 Å². The number of esters is 1. The van der Waals surface area contributed by atoms with Crippen molar-refractivity contribution < 1.29 is 9.53 Å². The molecule has 0 radical (unpaired) electrons. The molecule has 0 saturated carbocycles. The lowest BCUT2D eigenvalue weighted by molar-refractivity contribution is -0.137. The van der Waals surface area contributed by atoms with E-state index in [0.29, 0.717) is 5.75 Å². The molecule has 0 bridgehead atoms. The van der Waals surface area contributed by atoms with Crippen LogP contribution < -0.4 is 4.90 Å². The molecule has 5 heteroatoms. The summed E-state index contributed by atoms with van der Waals surface area (Å²) in [6.07, 6.45) is 0. The molecule has 0 spiro atoms. The molecule has 0 aliphatic rings. The highest BCUT2D eigenvalue weighted by molar-refractivity contribution is 8.00. The van der Waals surface area contributed by atoms with Crippen LogP contribution in [0.3, 0.4) is 0 Å². The number of aromatic nitrogens is 1. The van der Waals surface area contributed by atoms with Gasteiger partial charge in [-0.1, -0.05) is 0 Å². The Morgan fingerprint density at radius 2 is 2.10 bits per heavy atom. The molecular formula is C15H18N2O2S. The Hall–Kier alpha value is -1.75. The summed E-state index contributed by atoms with van der Waals surface area (Å²) in [5.74, 6) is 0.0858. The third-order valence-corrected chi connectivity index (χ3v) is 4.00. The third kappa shape index (κ3) is 3.22. The lowest BCUT2D eigenvalue weighted by Crippen LogP contribution is -2.08. The molecule has 0 fully saturated rings. The number of pyridine rings is 1. The van der Waals surface area contributed by atoms with Crippen molar-refractivity contribution in [2.45, 2.75) is 11.8 Å². The second kappa shape index (κ2) is 6.13. The van der Waals surface area contributed by atoms with Gasteiger partial charge in [-0.05, 0) is 31.2 Å². The first kappa shape index (κ1) is 14.7. The maximum atomic E-state index is 11.3. The van der Waals surface area contributed by atoms with Crippen LogP contribution in [0.1, 0.15) is 5.69 Å². The molecule has 0 N–H and O–H groups in total. The van der Waals surface area contributed by atoms with E-state index >= 15 is 0 Å². The number of anilines is 1. The molecule has 0 unspecified atom stereocenters. The number of carbonyl (C=O) groups excluding carboxylic acids is 1. The number of hydrogen-bond donors (Lipinski definition) is 0. The Morgan fingerprint density at radius 3 is 2.75 bits per heavy atom. The number of ether oxygens (including phenoxy) is 1. The molecule has 1 heterocycles. The first-order chi connectivity index (χ1) is 9.51. The number of nitrogens with zero attached hydrogens (tertiary/aromatic N) is 2. The van der Waals surface area contributed by atoms with Crippen molar-refractivity contribution in [2.75, 3.05) is 31.9 Å². The van der Waals surface area contributed by atoms with E-state index in [4.69, 9.17) is 4.74 Å². The van der Waals surface area contributed by atoms with Crippen LogP contribution in [0.5, 0.6) is 0 Å². The lowest BCUT2D eigenvalue weighted by Gasteiger charge is -2.14. The van der Waals surface area contributed by atoms with Gasteiger partial charge in [-0.25, -0.2) is 0 Å². The Bertz CT molecular complexity index is 641. The zero-order valence-corrected chi connectivity index (χ0v) is 13.0. The maximum absolute atomic E-state index is 11.3. The van der Waals surface area contributed by atoms with Gasteiger partial charge in [-0.15, -0.1) is 11.8 Å². The highest BCUT2D eigenvalue weighted by Crippen LogP contribution is 2.30. The Labute approximate surface area is 123 Å². The van der Waals surface area contributed by atoms with E-state index in [2.05, 4.69) is 11.1 Å². The summed E-state index contributed by atoms with van der Waals surface area (Å²) in [5, 5.41) is 1.07. The summed E-state index contributed by atoms with van der Waals surface area (Å²) in [7, 11) is 5.41. The van der Waals surface area contributed by atoms with Gasteiger partial charge in [0.25, 0.3) is 0 Å². The highest BCUT2D eigenvalue weighted by Gasteiger charge is 2.09. The second-order valence-electron chi connectivity index (χ2n) is 4.72. The van der Waals surface area contributed by atoms with Crippen LogP contribution in [0.2, 0.25) is 0 Å². The maximum Gasteiger partial charge on any atom is 0.315 e. The van der Waals surface area contributed by atoms with Crippen molar-refractivity contribution in [3.63, 3.8) is 0 Å². The van der Waals surface area contributed by atoms with E-state index in [-0.39, 0.29) is 5.97 Å². The van der Waals surface area contributed by atoms with Crippen molar-refractivity contribution in [1.29, 1.82) is 0 Å². The van der Waals surface area contributed by atoms with Crippen LogP contribution in [0.25, 0.3) is 10.9 Å². The zero-order valence-electron chi connectivity index (χ0n) is 12.1. The summed E-state index contributed by atoms with van der Waals surface area (Å²) in [4.78, 5) is 19.0. The molecule has 1 aromatic carbocycles. The van der Waals surface area contributed by atoms with E-state index in [1.165, 1.54) is 18.9 Å². The van der Waals surface area contributed by atoms with Crippen molar-refractivity contribution in [3.05, 3.63) is 30.0 Å². The van der Waals surface area contributed by atoms with E-state index in [9.17, 15) is 4.79 Å². The Morgan fingerprint density at radius 1 is 1.35 bits per heavy atom.